The number of nitrogens with one attached hydrogen (secondary N) is 1. The van der Waals surface area contributed by atoms with Crippen molar-refractivity contribution in [1.82, 2.24) is 5.32 Å². The van der Waals surface area contributed by atoms with Gasteiger partial charge in [0.15, 0.2) is 0 Å². The second kappa shape index (κ2) is 5.13. The highest BCUT2D eigenvalue weighted by atomic mass is 16.3. The van der Waals surface area contributed by atoms with Gasteiger partial charge in [-0.25, -0.2) is 0 Å². The molecule has 0 bridgehead atoms. The summed E-state index contributed by atoms with van der Waals surface area (Å²) in [5.74, 6) is 0.297. The van der Waals surface area contributed by atoms with Crippen LogP contribution in [-0.4, -0.2) is 23.3 Å². The first kappa shape index (κ1) is 13.9. The van der Waals surface area contributed by atoms with Crippen molar-refractivity contribution in [3.8, 4) is 0 Å². The topological polar surface area (TPSA) is 32.3 Å². The Morgan fingerprint density at radius 3 is 1.64 bits per heavy atom. The van der Waals surface area contributed by atoms with Crippen LogP contribution in [0, 0.1) is 11.3 Å². The van der Waals surface area contributed by atoms with Crippen LogP contribution in [0.2, 0.25) is 0 Å². The Kier molecular flexibility index (Phi) is 5.10. The largest absolute Gasteiger partial charge is 0.391 e. The van der Waals surface area contributed by atoms with Crippen molar-refractivity contribution in [3.63, 3.8) is 0 Å². The Morgan fingerprint density at radius 2 is 1.43 bits per heavy atom. The summed E-state index contributed by atoms with van der Waals surface area (Å²) in [7, 11) is 0. The minimum absolute atomic E-state index is 0.0912. The molecular formula is C12H27NO. The van der Waals surface area contributed by atoms with Crippen molar-refractivity contribution in [1.29, 1.82) is 0 Å². The Balaban J connectivity index is 4.56. The number of hydrogen-bond acceptors (Lipinski definition) is 2. The van der Waals surface area contributed by atoms with Crippen molar-refractivity contribution in [2.75, 3.05) is 0 Å². The van der Waals surface area contributed by atoms with E-state index in [0.717, 1.165) is 0 Å². The lowest BCUT2D eigenvalue weighted by Crippen LogP contribution is -2.53. The average molecular weight is 201 g/mol. The maximum Gasteiger partial charge on any atom is 0.0721 e. The molecule has 0 rings (SSSR count). The Morgan fingerprint density at radius 1 is 1.00 bits per heavy atom. The van der Waals surface area contributed by atoms with Gasteiger partial charge in [0.05, 0.1) is 6.10 Å². The molecule has 2 heteroatoms. The van der Waals surface area contributed by atoms with Crippen LogP contribution in [0.5, 0.6) is 0 Å². The molecule has 2 N–H and O–H groups in total. The summed E-state index contributed by atoms with van der Waals surface area (Å²) in [5.41, 5.74) is 0.0912. The van der Waals surface area contributed by atoms with Gasteiger partial charge in [-0.3, -0.25) is 0 Å². The third-order valence-corrected chi connectivity index (χ3v) is 2.47. The number of rotatable bonds is 4. The average Bonchev–Trinajstić information content (AvgIpc) is 1.96. The monoisotopic (exact) mass is 201 g/mol. The molecule has 0 amide bonds. The summed E-state index contributed by atoms with van der Waals surface area (Å²) in [5, 5.41) is 13.6. The van der Waals surface area contributed by atoms with E-state index >= 15 is 0 Å². The van der Waals surface area contributed by atoms with Crippen molar-refractivity contribution in [2.45, 2.75) is 66.7 Å². The zero-order valence-corrected chi connectivity index (χ0v) is 10.8. The minimum atomic E-state index is -0.280. The molecule has 0 saturated carbocycles. The predicted octanol–water partition coefficient (Wildman–Crippen LogP) is 2.42. The van der Waals surface area contributed by atoms with E-state index in [1.165, 1.54) is 0 Å². The van der Waals surface area contributed by atoms with Gasteiger partial charge >= 0.3 is 0 Å². The van der Waals surface area contributed by atoms with Gasteiger partial charge in [-0.1, -0.05) is 48.5 Å². The molecule has 2 nitrogen and oxygen atoms in total. The molecule has 0 aromatic heterocycles. The van der Waals surface area contributed by atoms with Crippen LogP contribution in [0.25, 0.3) is 0 Å². The maximum absolute atomic E-state index is 10.1. The van der Waals surface area contributed by atoms with Gasteiger partial charge in [-0.05, 0) is 11.3 Å². The Hall–Kier alpha value is -0.0800. The van der Waals surface area contributed by atoms with Crippen LogP contribution in [0.3, 0.4) is 0 Å². The van der Waals surface area contributed by atoms with Gasteiger partial charge in [0, 0.05) is 12.1 Å². The molecule has 0 radical (unpaired) electrons. The second-order valence-electron chi connectivity index (χ2n) is 5.90. The summed E-state index contributed by atoms with van der Waals surface area (Å²) in [6, 6.07) is 0.565. The van der Waals surface area contributed by atoms with Gasteiger partial charge in [0.25, 0.3) is 0 Å². The van der Waals surface area contributed by atoms with E-state index < -0.39 is 0 Å². The predicted molar refractivity (Wildman–Crippen MR) is 62.4 cm³/mol. The maximum atomic E-state index is 10.1. The van der Waals surface area contributed by atoms with Crippen LogP contribution >= 0.6 is 0 Å². The molecule has 0 aromatic carbocycles. The minimum Gasteiger partial charge on any atom is -0.391 e. The second-order valence-corrected chi connectivity index (χ2v) is 5.90. The summed E-state index contributed by atoms with van der Waals surface area (Å²) in [4.78, 5) is 0. The third kappa shape index (κ3) is 4.43. The fourth-order valence-corrected chi connectivity index (χ4v) is 1.60. The van der Waals surface area contributed by atoms with Crippen molar-refractivity contribution < 1.29 is 5.11 Å². The summed E-state index contributed by atoms with van der Waals surface area (Å²) < 4.78 is 0. The van der Waals surface area contributed by atoms with Crippen LogP contribution in [0.1, 0.15) is 48.5 Å². The van der Waals surface area contributed by atoms with Gasteiger partial charge in [-0.2, -0.15) is 0 Å². The van der Waals surface area contributed by atoms with E-state index in [4.69, 9.17) is 0 Å². The van der Waals surface area contributed by atoms with E-state index in [1.807, 2.05) is 0 Å². The molecule has 0 saturated heterocycles. The normalized spacial score (nSPS) is 17.6. The van der Waals surface area contributed by atoms with E-state index in [0.29, 0.717) is 12.0 Å². The summed E-state index contributed by atoms with van der Waals surface area (Å²) in [6.45, 7) is 14.9. The molecule has 0 aliphatic heterocycles. The molecule has 0 heterocycles. The molecule has 14 heavy (non-hydrogen) atoms. The lowest BCUT2D eigenvalue weighted by atomic mass is 9.79. The molecular weight excluding hydrogens is 174 g/mol. The van der Waals surface area contributed by atoms with Gasteiger partial charge < -0.3 is 10.4 Å². The molecule has 0 fully saturated rings. The zero-order chi connectivity index (χ0) is 11.5. The van der Waals surface area contributed by atoms with E-state index in [-0.39, 0.29) is 17.6 Å². The molecule has 86 valence electrons. The quantitative estimate of drug-likeness (QED) is 0.732. The lowest BCUT2D eigenvalue weighted by molar-refractivity contribution is 0.0329. The molecule has 2 unspecified atom stereocenters. The fraction of sp³-hybridized carbons (Fsp3) is 1.00. The highest BCUT2D eigenvalue weighted by Gasteiger charge is 2.32. The third-order valence-electron chi connectivity index (χ3n) is 2.47. The molecule has 0 aliphatic carbocycles. The number of hydrogen-bond donors (Lipinski definition) is 2. The molecule has 0 aliphatic rings. The number of aliphatic hydroxyl groups is 1. The van der Waals surface area contributed by atoms with Crippen molar-refractivity contribution in [2.24, 2.45) is 11.3 Å². The van der Waals surface area contributed by atoms with Crippen LogP contribution in [-0.2, 0) is 0 Å². The van der Waals surface area contributed by atoms with Gasteiger partial charge in [0.2, 0.25) is 0 Å². The summed E-state index contributed by atoms with van der Waals surface area (Å²) >= 11 is 0. The Bertz CT molecular complexity index is 158. The smallest absolute Gasteiger partial charge is 0.0721 e. The van der Waals surface area contributed by atoms with Crippen LogP contribution < -0.4 is 5.32 Å². The van der Waals surface area contributed by atoms with E-state index in [1.54, 1.807) is 0 Å². The Labute approximate surface area is 89.1 Å². The standard InChI is InChI=1S/C12H27NO/c1-8(2)10(14)11(12(5,6)7)13-9(3)4/h8-11,13-14H,1-7H3. The van der Waals surface area contributed by atoms with Crippen molar-refractivity contribution in [3.05, 3.63) is 0 Å². The molecule has 2 atom stereocenters. The molecule has 0 aromatic rings. The number of aliphatic hydroxyl groups excluding tert-OH is 1. The first-order valence-electron chi connectivity index (χ1n) is 5.60. The van der Waals surface area contributed by atoms with Gasteiger partial charge in [-0.15, -0.1) is 0 Å². The van der Waals surface area contributed by atoms with Crippen LogP contribution in [0.4, 0.5) is 0 Å². The first-order chi connectivity index (χ1) is 6.16. The van der Waals surface area contributed by atoms with Crippen molar-refractivity contribution >= 4 is 0 Å². The lowest BCUT2D eigenvalue weighted by Gasteiger charge is -2.38. The highest BCUT2D eigenvalue weighted by Crippen LogP contribution is 2.25. The van der Waals surface area contributed by atoms with E-state index in [2.05, 4.69) is 53.8 Å². The van der Waals surface area contributed by atoms with E-state index in [9.17, 15) is 5.11 Å². The fourth-order valence-electron chi connectivity index (χ4n) is 1.60. The van der Waals surface area contributed by atoms with Gasteiger partial charge in [0.1, 0.15) is 0 Å². The highest BCUT2D eigenvalue weighted by molar-refractivity contribution is 4.88. The SMILES string of the molecule is CC(C)NC(C(O)C(C)C)C(C)(C)C. The first-order valence-corrected chi connectivity index (χ1v) is 5.60. The summed E-state index contributed by atoms with van der Waals surface area (Å²) in [6.07, 6.45) is -0.280. The zero-order valence-electron chi connectivity index (χ0n) is 10.8. The molecule has 0 spiro atoms. The van der Waals surface area contributed by atoms with Crippen LogP contribution in [0.15, 0.2) is 0 Å².